The molecule has 0 N–H and O–H groups in total. The zero-order chi connectivity index (χ0) is 14.3. The number of halogens is 1. The molecule has 1 fully saturated rings. The molecule has 20 heavy (non-hydrogen) atoms. The summed E-state index contributed by atoms with van der Waals surface area (Å²) in [5.41, 5.74) is 2.29. The molecule has 4 nitrogen and oxygen atoms in total. The number of anilines is 1. The lowest BCUT2D eigenvalue weighted by Crippen LogP contribution is -2.37. The molecule has 0 aromatic heterocycles. The zero-order valence-corrected chi connectivity index (χ0v) is 13.1. The Morgan fingerprint density at radius 1 is 1.15 bits per heavy atom. The van der Waals surface area contributed by atoms with Gasteiger partial charge in [0.05, 0.1) is 11.3 Å². The third kappa shape index (κ3) is 2.29. The van der Waals surface area contributed by atoms with E-state index in [2.05, 4.69) is 20.8 Å². The highest BCUT2D eigenvalue weighted by Gasteiger charge is 2.37. The summed E-state index contributed by atoms with van der Waals surface area (Å²) in [6.07, 6.45) is 2.46. The van der Waals surface area contributed by atoms with Gasteiger partial charge >= 0.3 is 0 Å². The number of carbonyl (C=O) groups excluding carboxylic acids is 2. The Kier molecular flexibility index (Phi) is 3.65. The minimum absolute atomic E-state index is 0.383. The molecule has 1 aromatic rings. The number of hydrogen-bond donors (Lipinski definition) is 0. The summed E-state index contributed by atoms with van der Waals surface area (Å²) in [5, 5.41) is 0. The van der Waals surface area contributed by atoms with Crippen LogP contribution in [0.2, 0.25) is 0 Å². The number of hydrogen-bond acceptors (Lipinski definition) is 3. The van der Waals surface area contributed by atoms with Crippen LogP contribution in [-0.4, -0.2) is 42.8 Å². The topological polar surface area (TPSA) is 40.6 Å². The summed E-state index contributed by atoms with van der Waals surface area (Å²) in [4.78, 5) is 28.3. The second-order valence-electron chi connectivity index (χ2n) is 5.45. The van der Waals surface area contributed by atoms with Crippen LogP contribution in [0.3, 0.4) is 0 Å². The van der Waals surface area contributed by atoms with Gasteiger partial charge in [0.2, 0.25) is 0 Å². The summed E-state index contributed by atoms with van der Waals surface area (Å²) in [6, 6.07) is 3.70. The van der Waals surface area contributed by atoms with Gasteiger partial charge < -0.3 is 9.80 Å². The Bertz CT molecular complexity index is 579. The number of carbonyl (C=O) groups is 2. The van der Waals surface area contributed by atoms with Gasteiger partial charge in [-0.25, -0.2) is 0 Å². The maximum Gasteiger partial charge on any atom is 0.299 e. The molecule has 2 aliphatic heterocycles. The molecule has 1 amide bonds. The van der Waals surface area contributed by atoms with E-state index in [1.165, 1.54) is 12.8 Å². The Morgan fingerprint density at radius 2 is 1.85 bits per heavy atom. The molecule has 1 saturated heterocycles. The van der Waals surface area contributed by atoms with Gasteiger partial charge in [0.15, 0.2) is 0 Å². The van der Waals surface area contributed by atoms with E-state index in [0.717, 1.165) is 35.4 Å². The Balaban J connectivity index is 1.85. The van der Waals surface area contributed by atoms with Crippen molar-refractivity contribution in [1.82, 2.24) is 4.90 Å². The van der Waals surface area contributed by atoms with E-state index >= 15 is 0 Å². The average molecular weight is 337 g/mol. The lowest BCUT2D eigenvalue weighted by molar-refractivity contribution is -0.114. The molecule has 0 saturated carbocycles. The van der Waals surface area contributed by atoms with Crippen LogP contribution in [0.15, 0.2) is 16.6 Å². The van der Waals surface area contributed by atoms with Gasteiger partial charge in [-0.2, -0.15) is 0 Å². The fraction of sp³-hybridized carbons (Fsp3) is 0.467. The van der Waals surface area contributed by atoms with Gasteiger partial charge in [0.1, 0.15) is 0 Å². The molecule has 0 aliphatic carbocycles. The first-order valence-electron chi connectivity index (χ1n) is 6.96. The number of fused-ring (bicyclic) bond motifs is 1. The highest BCUT2D eigenvalue weighted by molar-refractivity contribution is 9.10. The van der Waals surface area contributed by atoms with Crippen molar-refractivity contribution in [2.24, 2.45) is 0 Å². The number of ketones is 1. The molecule has 0 atom stereocenters. The zero-order valence-electron chi connectivity index (χ0n) is 11.5. The molecule has 0 radical (unpaired) electrons. The van der Waals surface area contributed by atoms with E-state index in [4.69, 9.17) is 0 Å². The number of nitrogens with zero attached hydrogens (tertiary/aromatic N) is 2. The molecule has 0 unspecified atom stereocenters. The number of likely N-dealkylation sites (tertiary alicyclic amines) is 1. The van der Waals surface area contributed by atoms with Crippen molar-refractivity contribution >= 4 is 33.3 Å². The number of benzene rings is 1. The fourth-order valence-corrected chi connectivity index (χ4v) is 3.64. The number of amides is 1. The van der Waals surface area contributed by atoms with Gasteiger partial charge in [0.25, 0.3) is 11.7 Å². The first-order valence-corrected chi connectivity index (χ1v) is 7.76. The normalized spacial score (nSPS) is 19.0. The van der Waals surface area contributed by atoms with Gasteiger partial charge in [-0.3, -0.25) is 9.59 Å². The van der Waals surface area contributed by atoms with Crippen molar-refractivity contribution in [1.29, 1.82) is 0 Å². The number of rotatable bonds is 3. The summed E-state index contributed by atoms with van der Waals surface area (Å²) in [6.45, 7) is 5.58. The largest absolute Gasteiger partial charge is 0.303 e. The van der Waals surface area contributed by atoms with Gasteiger partial charge in [0, 0.05) is 17.6 Å². The van der Waals surface area contributed by atoms with Crippen LogP contribution in [0.25, 0.3) is 0 Å². The number of aryl methyl sites for hydroxylation is 1. The van der Waals surface area contributed by atoms with Crippen LogP contribution < -0.4 is 4.90 Å². The van der Waals surface area contributed by atoms with Gasteiger partial charge in [-0.05, 0) is 50.6 Å². The Hall–Kier alpha value is -1.20. The standard InChI is InChI=1S/C15H17BrN2O2/c1-10-8-11(16)9-12-13(10)18(15(20)14(12)19)7-6-17-4-2-3-5-17/h8-9H,2-7H2,1H3. The molecule has 106 valence electrons. The van der Waals surface area contributed by atoms with E-state index in [1.807, 2.05) is 13.0 Å². The molecule has 3 rings (SSSR count). The lowest BCUT2D eigenvalue weighted by Gasteiger charge is -2.22. The monoisotopic (exact) mass is 336 g/mol. The maximum atomic E-state index is 12.2. The Labute approximate surface area is 126 Å². The predicted octanol–water partition coefficient (Wildman–Crippen LogP) is 2.38. The summed E-state index contributed by atoms with van der Waals surface area (Å²) in [5.74, 6) is -0.772. The highest BCUT2D eigenvalue weighted by atomic mass is 79.9. The SMILES string of the molecule is Cc1cc(Br)cc2c1N(CCN1CCCC1)C(=O)C2=O. The molecule has 2 aliphatic rings. The van der Waals surface area contributed by atoms with Crippen LogP contribution in [0, 0.1) is 6.92 Å². The minimum atomic E-state index is -0.389. The van der Waals surface area contributed by atoms with Crippen LogP contribution in [-0.2, 0) is 4.79 Å². The second-order valence-corrected chi connectivity index (χ2v) is 6.37. The minimum Gasteiger partial charge on any atom is -0.303 e. The van der Waals surface area contributed by atoms with Crippen molar-refractivity contribution in [3.8, 4) is 0 Å². The number of Topliss-reactive ketones (excluding diaryl/α,β-unsaturated/α-hetero) is 1. The van der Waals surface area contributed by atoms with E-state index < -0.39 is 0 Å². The van der Waals surface area contributed by atoms with Crippen molar-refractivity contribution in [2.45, 2.75) is 19.8 Å². The maximum absolute atomic E-state index is 12.2. The molecule has 0 bridgehead atoms. The molecular formula is C15H17BrN2O2. The first kappa shape index (κ1) is 13.8. The second kappa shape index (κ2) is 5.30. The molecule has 5 heteroatoms. The van der Waals surface area contributed by atoms with Crippen molar-refractivity contribution < 1.29 is 9.59 Å². The molecular weight excluding hydrogens is 320 g/mol. The molecule has 2 heterocycles. The van der Waals surface area contributed by atoms with E-state index in [-0.39, 0.29) is 11.7 Å². The van der Waals surface area contributed by atoms with Crippen molar-refractivity contribution in [2.75, 3.05) is 31.1 Å². The Morgan fingerprint density at radius 3 is 2.55 bits per heavy atom. The molecule has 1 aromatic carbocycles. The highest BCUT2D eigenvalue weighted by Crippen LogP contribution is 2.34. The smallest absolute Gasteiger partial charge is 0.299 e. The first-order chi connectivity index (χ1) is 9.58. The van der Waals surface area contributed by atoms with E-state index in [0.29, 0.717) is 12.1 Å². The summed E-state index contributed by atoms with van der Waals surface area (Å²) in [7, 11) is 0. The van der Waals surface area contributed by atoms with Crippen molar-refractivity contribution in [3.05, 3.63) is 27.7 Å². The summed E-state index contributed by atoms with van der Waals surface area (Å²) >= 11 is 3.39. The average Bonchev–Trinajstić information content (AvgIpc) is 2.98. The quantitative estimate of drug-likeness (QED) is 0.795. The predicted molar refractivity (Wildman–Crippen MR) is 81.2 cm³/mol. The van der Waals surface area contributed by atoms with Crippen LogP contribution >= 0.6 is 15.9 Å². The summed E-state index contributed by atoms with van der Waals surface area (Å²) < 4.78 is 0.844. The van der Waals surface area contributed by atoms with Crippen molar-refractivity contribution in [3.63, 3.8) is 0 Å². The lowest BCUT2D eigenvalue weighted by atomic mass is 10.1. The van der Waals surface area contributed by atoms with Gasteiger partial charge in [-0.15, -0.1) is 0 Å². The van der Waals surface area contributed by atoms with Crippen LogP contribution in [0.1, 0.15) is 28.8 Å². The third-order valence-corrected chi connectivity index (χ3v) is 4.52. The van der Waals surface area contributed by atoms with Crippen LogP contribution in [0.4, 0.5) is 5.69 Å². The molecule has 0 spiro atoms. The third-order valence-electron chi connectivity index (χ3n) is 4.06. The fourth-order valence-electron chi connectivity index (χ4n) is 3.07. The van der Waals surface area contributed by atoms with E-state index in [9.17, 15) is 9.59 Å². The van der Waals surface area contributed by atoms with Gasteiger partial charge in [-0.1, -0.05) is 15.9 Å². The van der Waals surface area contributed by atoms with E-state index in [1.54, 1.807) is 11.0 Å². The van der Waals surface area contributed by atoms with Crippen LogP contribution in [0.5, 0.6) is 0 Å².